The lowest BCUT2D eigenvalue weighted by atomic mass is 10.2. The molecule has 1 heterocycles. The van der Waals surface area contributed by atoms with Gasteiger partial charge < -0.3 is 9.84 Å². The summed E-state index contributed by atoms with van der Waals surface area (Å²) in [5.41, 5.74) is 0.611. The molecular weight excluding hydrogens is 259 g/mol. The van der Waals surface area contributed by atoms with Crippen molar-refractivity contribution >= 4 is 0 Å². The van der Waals surface area contributed by atoms with Crippen molar-refractivity contribution in [3.8, 4) is 17.6 Å². The number of rotatable bonds is 5. The fourth-order valence-electron chi connectivity index (χ4n) is 1.61. The maximum atomic E-state index is 13.3. The fraction of sp³-hybridized carbons (Fsp3) is 0.267. The van der Waals surface area contributed by atoms with Crippen molar-refractivity contribution in [1.82, 2.24) is 9.78 Å². The minimum Gasteiger partial charge on any atom is -0.490 e. The van der Waals surface area contributed by atoms with Crippen LogP contribution in [0.1, 0.15) is 12.0 Å². The molecule has 1 aromatic carbocycles. The van der Waals surface area contributed by atoms with Crippen LogP contribution < -0.4 is 4.74 Å². The molecule has 104 valence electrons. The first-order valence-electron chi connectivity index (χ1n) is 6.29. The van der Waals surface area contributed by atoms with Gasteiger partial charge in [-0.2, -0.15) is 5.10 Å². The zero-order chi connectivity index (χ0) is 14.2. The third-order valence-electron chi connectivity index (χ3n) is 2.54. The second kappa shape index (κ2) is 7.31. The monoisotopic (exact) mass is 274 g/mol. The highest BCUT2D eigenvalue weighted by molar-refractivity contribution is 5.46. The first-order chi connectivity index (χ1) is 9.79. The Balaban J connectivity index is 2.01. The molecular formula is C15H15FN2O2. The zero-order valence-corrected chi connectivity index (χ0v) is 10.9. The molecule has 2 aromatic rings. The van der Waals surface area contributed by atoms with Crippen LogP contribution in [0.3, 0.4) is 0 Å². The maximum Gasteiger partial charge on any atom is 0.137 e. The van der Waals surface area contributed by atoms with E-state index in [-0.39, 0.29) is 12.4 Å². The number of benzene rings is 1. The summed E-state index contributed by atoms with van der Waals surface area (Å²) >= 11 is 0. The molecule has 0 spiro atoms. The molecule has 0 bridgehead atoms. The highest BCUT2D eigenvalue weighted by Crippen LogP contribution is 2.19. The van der Waals surface area contributed by atoms with Gasteiger partial charge >= 0.3 is 0 Å². The van der Waals surface area contributed by atoms with Crippen molar-refractivity contribution in [3.63, 3.8) is 0 Å². The average molecular weight is 274 g/mol. The van der Waals surface area contributed by atoms with E-state index >= 15 is 0 Å². The van der Waals surface area contributed by atoms with E-state index in [4.69, 9.17) is 9.84 Å². The molecule has 0 saturated heterocycles. The summed E-state index contributed by atoms with van der Waals surface area (Å²) in [5.74, 6) is 5.69. The SMILES string of the molecule is OCCC#Cc1ccc(F)cc1OCCn1cccn1. The number of ether oxygens (including phenoxy) is 1. The Hall–Kier alpha value is -2.32. The molecule has 5 heteroatoms. The van der Waals surface area contributed by atoms with Gasteiger partial charge in [-0.3, -0.25) is 4.68 Å². The Kier molecular flexibility index (Phi) is 5.15. The van der Waals surface area contributed by atoms with Gasteiger partial charge in [-0.05, 0) is 18.2 Å². The first kappa shape index (κ1) is 14.1. The van der Waals surface area contributed by atoms with Crippen LogP contribution in [0.15, 0.2) is 36.7 Å². The van der Waals surface area contributed by atoms with Gasteiger partial charge in [0, 0.05) is 24.9 Å². The lowest BCUT2D eigenvalue weighted by Gasteiger charge is -2.08. The topological polar surface area (TPSA) is 47.3 Å². The maximum absolute atomic E-state index is 13.3. The Morgan fingerprint density at radius 1 is 1.40 bits per heavy atom. The van der Waals surface area contributed by atoms with Crippen LogP contribution in [0.2, 0.25) is 0 Å². The standard InChI is InChI=1S/C15H15FN2O2/c16-14-6-5-13(4-1-2-10-19)15(12-14)20-11-9-18-8-3-7-17-18/h3,5-8,12,19H,2,9-11H2. The van der Waals surface area contributed by atoms with Crippen molar-refractivity contribution in [3.05, 3.63) is 48.0 Å². The second-order valence-corrected chi connectivity index (χ2v) is 4.03. The summed E-state index contributed by atoms with van der Waals surface area (Å²) in [6.07, 6.45) is 3.90. The molecule has 0 atom stereocenters. The first-order valence-corrected chi connectivity index (χ1v) is 6.29. The summed E-state index contributed by atoms with van der Waals surface area (Å²) in [7, 11) is 0. The predicted molar refractivity (Wildman–Crippen MR) is 72.7 cm³/mol. The minimum atomic E-state index is -0.369. The van der Waals surface area contributed by atoms with Gasteiger partial charge in [-0.15, -0.1) is 0 Å². The van der Waals surface area contributed by atoms with E-state index in [0.29, 0.717) is 30.9 Å². The fourth-order valence-corrected chi connectivity index (χ4v) is 1.61. The number of hydrogen-bond acceptors (Lipinski definition) is 3. The smallest absolute Gasteiger partial charge is 0.137 e. The predicted octanol–water partition coefficient (Wildman–Crippen LogP) is 1.84. The molecule has 2 rings (SSSR count). The molecule has 1 aromatic heterocycles. The van der Waals surface area contributed by atoms with Gasteiger partial charge in [-0.25, -0.2) is 4.39 Å². The lowest BCUT2D eigenvalue weighted by molar-refractivity contribution is 0.289. The normalized spacial score (nSPS) is 9.90. The molecule has 0 saturated carbocycles. The highest BCUT2D eigenvalue weighted by atomic mass is 19.1. The van der Waals surface area contributed by atoms with Crippen LogP contribution in [0.4, 0.5) is 4.39 Å². The van der Waals surface area contributed by atoms with Gasteiger partial charge in [0.15, 0.2) is 0 Å². The molecule has 4 nitrogen and oxygen atoms in total. The molecule has 0 aliphatic carbocycles. The number of nitrogens with zero attached hydrogens (tertiary/aromatic N) is 2. The van der Waals surface area contributed by atoms with E-state index in [9.17, 15) is 4.39 Å². The van der Waals surface area contributed by atoms with Crippen molar-refractivity contribution in [2.24, 2.45) is 0 Å². The van der Waals surface area contributed by atoms with Crippen LogP contribution in [0.5, 0.6) is 5.75 Å². The van der Waals surface area contributed by atoms with Gasteiger partial charge in [-0.1, -0.05) is 11.8 Å². The second-order valence-electron chi connectivity index (χ2n) is 4.03. The minimum absolute atomic E-state index is 0.00365. The molecule has 0 unspecified atom stereocenters. The number of halogens is 1. The van der Waals surface area contributed by atoms with Crippen molar-refractivity contribution in [1.29, 1.82) is 0 Å². The molecule has 20 heavy (non-hydrogen) atoms. The van der Waals surface area contributed by atoms with Crippen molar-refractivity contribution in [2.75, 3.05) is 13.2 Å². The summed E-state index contributed by atoms with van der Waals surface area (Å²) in [6.45, 7) is 0.955. The van der Waals surface area contributed by atoms with Gasteiger partial charge in [0.1, 0.15) is 18.2 Å². The Morgan fingerprint density at radius 3 is 3.05 bits per heavy atom. The van der Waals surface area contributed by atoms with Crippen molar-refractivity contribution in [2.45, 2.75) is 13.0 Å². The molecule has 0 aliphatic heterocycles. The number of aromatic nitrogens is 2. The van der Waals surface area contributed by atoms with E-state index < -0.39 is 0 Å². The van der Waals surface area contributed by atoms with Crippen LogP contribution >= 0.6 is 0 Å². The van der Waals surface area contributed by atoms with Gasteiger partial charge in [0.05, 0.1) is 18.7 Å². The Bertz CT molecular complexity index is 600. The Morgan fingerprint density at radius 2 is 2.30 bits per heavy atom. The van der Waals surface area contributed by atoms with Crippen molar-refractivity contribution < 1.29 is 14.2 Å². The molecule has 0 fully saturated rings. The zero-order valence-electron chi connectivity index (χ0n) is 10.9. The average Bonchev–Trinajstić information content (AvgIpc) is 2.94. The van der Waals surface area contributed by atoms with E-state index in [0.717, 1.165) is 0 Å². The van der Waals surface area contributed by atoms with Gasteiger partial charge in [0.25, 0.3) is 0 Å². The number of aliphatic hydroxyl groups is 1. The summed E-state index contributed by atoms with van der Waals surface area (Å²) < 4.78 is 20.5. The summed E-state index contributed by atoms with van der Waals surface area (Å²) in [5, 5.41) is 12.8. The molecule has 0 aliphatic rings. The molecule has 1 N–H and O–H groups in total. The molecule has 0 radical (unpaired) electrons. The summed E-state index contributed by atoms with van der Waals surface area (Å²) in [4.78, 5) is 0. The van der Waals surface area contributed by atoms with Crippen LogP contribution in [0, 0.1) is 17.7 Å². The van der Waals surface area contributed by atoms with E-state index in [1.54, 1.807) is 16.9 Å². The number of aliphatic hydroxyl groups excluding tert-OH is 1. The highest BCUT2D eigenvalue weighted by Gasteiger charge is 2.03. The largest absolute Gasteiger partial charge is 0.490 e. The summed E-state index contributed by atoms with van der Waals surface area (Å²) in [6, 6.07) is 6.05. The third kappa shape index (κ3) is 4.11. The van der Waals surface area contributed by atoms with Gasteiger partial charge in [0.2, 0.25) is 0 Å². The van der Waals surface area contributed by atoms with E-state index in [1.165, 1.54) is 12.1 Å². The van der Waals surface area contributed by atoms with Crippen LogP contribution in [0.25, 0.3) is 0 Å². The quantitative estimate of drug-likeness (QED) is 0.846. The van der Waals surface area contributed by atoms with Crippen LogP contribution in [-0.2, 0) is 6.54 Å². The number of hydrogen-bond donors (Lipinski definition) is 1. The van der Waals surface area contributed by atoms with E-state index in [1.807, 2.05) is 12.3 Å². The lowest BCUT2D eigenvalue weighted by Crippen LogP contribution is -2.09. The van der Waals surface area contributed by atoms with Crippen LogP contribution in [-0.4, -0.2) is 28.1 Å². The third-order valence-corrected chi connectivity index (χ3v) is 2.54. The molecule has 0 amide bonds. The van der Waals surface area contributed by atoms with E-state index in [2.05, 4.69) is 16.9 Å². The Labute approximate surface area is 116 Å².